The molecule has 2 spiro atoms. The highest BCUT2D eigenvalue weighted by Crippen LogP contribution is 2.42. The highest BCUT2D eigenvalue weighted by Gasteiger charge is 2.48. The number of amidine groups is 1. The number of aliphatic imine (C=N–C) groups is 1. The van der Waals surface area contributed by atoms with E-state index in [2.05, 4.69) is 10.3 Å². The van der Waals surface area contributed by atoms with Crippen molar-refractivity contribution in [3.8, 4) is 0 Å². The first-order chi connectivity index (χ1) is 25.9. The third-order valence-electron chi connectivity index (χ3n) is 10.2. The molecule has 55 heavy (non-hydrogen) atoms. The Bertz CT molecular complexity index is 2180. The minimum atomic E-state index is -4.32. The molecule has 19 nitrogen and oxygen atoms in total. The first-order valence-corrected chi connectivity index (χ1v) is 20.3. The number of likely N-dealkylation sites (tertiary alicyclic amines) is 2. The van der Waals surface area contributed by atoms with Crippen LogP contribution >= 0.6 is 10.8 Å². The molecule has 8 rings (SSSR count). The van der Waals surface area contributed by atoms with Crippen LogP contribution in [0.15, 0.2) is 39.0 Å². The molecule has 21 heteroatoms. The van der Waals surface area contributed by atoms with Gasteiger partial charge in [-0.05, 0) is 51.0 Å². The molecule has 2 aromatic rings. The summed E-state index contributed by atoms with van der Waals surface area (Å²) in [5, 5.41) is 25.5. The molecule has 4 saturated heterocycles. The maximum atomic E-state index is 13.2. The number of rotatable bonds is 2. The number of carbonyl (C=O) groups excluding carboxylic acids is 2. The fourth-order valence-electron chi connectivity index (χ4n) is 7.66. The van der Waals surface area contributed by atoms with E-state index in [4.69, 9.17) is 18.9 Å². The van der Waals surface area contributed by atoms with Crippen molar-refractivity contribution in [2.75, 3.05) is 39.4 Å². The van der Waals surface area contributed by atoms with E-state index in [-0.39, 0.29) is 47.0 Å². The van der Waals surface area contributed by atoms with Gasteiger partial charge in [-0.2, -0.15) is 4.99 Å². The van der Waals surface area contributed by atoms with Crippen LogP contribution in [0.4, 0.5) is 11.4 Å². The summed E-state index contributed by atoms with van der Waals surface area (Å²) in [7, 11) is -5.92. The van der Waals surface area contributed by atoms with Crippen molar-refractivity contribution in [3.63, 3.8) is 0 Å². The number of sulfone groups is 1. The number of benzene rings is 2. The van der Waals surface area contributed by atoms with Gasteiger partial charge in [-0.15, -0.1) is 0 Å². The number of nitrogens with one attached hydrogen (secondary N) is 1. The summed E-state index contributed by atoms with van der Waals surface area (Å²) in [6.07, 6.45) is 2.00. The standard InChI is InChI=1S/C17H19N3O7S.C17H21N3O6S/c1-10-7-12-14(13(8-10)20(22)23)28(24,25)16(18-15(12)21)19-5-3-17(4-6-19)26-9-11(2)27-17;1-10-7-12-14(13(8-10)20(22)23)27(24)16(18-15(12)21)19-5-3-17(4-6-19)25-9-11(2)26-17/h7-8,11H,3-6,9H2,1-2H3;7-8,11,24H,3-6,9H2,1-2H3,(H,18,21)/t11-;11-,27?/m00/s1. The summed E-state index contributed by atoms with van der Waals surface area (Å²) in [5.41, 5.74) is 0.0625. The van der Waals surface area contributed by atoms with Crippen molar-refractivity contribution in [2.24, 2.45) is 4.99 Å². The van der Waals surface area contributed by atoms with Crippen LogP contribution in [0.2, 0.25) is 0 Å². The monoisotopic (exact) mass is 804 g/mol. The number of carbonyl (C=O) groups is 2. The van der Waals surface area contributed by atoms with Crippen LogP contribution in [-0.4, -0.2) is 118 Å². The van der Waals surface area contributed by atoms with Crippen LogP contribution in [0.25, 0.3) is 0 Å². The topological polar surface area (TPSA) is 243 Å². The van der Waals surface area contributed by atoms with Crippen LogP contribution in [0.1, 0.15) is 71.4 Å². The van der Waals surface area contributed by atoms with E-state index in [1.807, 2.05) is 18.7 Å². The summed E-state index contributed by atoms with van der Waals surface area (Å²) in [5.74, 6) is -2.59. The second-order valence-corrected chi connectivity index (χ2v) is 17.5. The number of amides is 2. The van der Waals surface area contributed by atoms with Gasteiger partial charge in [-0.1, -0.05) is 0 Å². The van der Waals surface area contributed by atoms with Gasteiger partial charge in [0.15, 0.2) is 16.5 Å². The number of hydrogen-bond donors (Lipinski definition) is 2. The normalized spacial score (nSPS) is 26.5. The molecule has 296 valence electrons. The lowest BCUT2D eigenvalue weighted by Crippen LogP contribution is -2.53. The van der Waals surface area contributed by atoms with Crippen molar-refractivity contribution in [1.82, 2.24) is 15.1 Å². The Labute approximate surface area is 317 Å². The first kappa shape index (κ1) is 39.0. The third kappa shape index (κ3) is 7.18. The molecule has 6 heterocycles. The number of aryl methyl sites for hydroxylation is 2. The van der Waals surface area contributed by atoms with E-state index in [0.29, 0.717) is 68.2 Å². The molecule has 0 radical (unpaired) electrons. The Morgan fingerprint density at radius 3 is 1.82 bits per heavy atom. The van der Waals surface area contributed by atoms with Gasteiger partial charge in [0.05, 0.1) is 46.4 Å². The molecule has 0 saturated carbocycles. The molecule has 6 aliphatic rings. The second kappa shape index (κ2) is 14.4. The summed E-state index contributed by atoms with van der Waals surface area (Å²) in [4.78, 5) is 53.2. The van der Waals surface area contributed by atoms with Crippen molar-refractivity contribution in [3.05, 3.63) is 66.7 Å². The Morgan fingerprint density at radius 2 is 1.33 bits per heavy atom. The van der Waals surface area contributed by atoms with E-state index < -0.39 is 69.6 Å². The Hall–Kier alpha value is -4.22. The number of ether oxygens (including phenoxy) is 4. The van der Waals surface area contributed by atoms with Crippen LogP contribution in [-0.2, 0) is 28.8 Å². The fraction of sp³-hybridized carbons (Fsp3) is 0.529. The van der Waals surface area contributed by atoms with Gasteiger partial charge in [0.25, 0.3) is 23.2 Å². The lowest BCUT2D eigenvalue weighted by molar-refractivity contribution is -0.388. The number of nitro groups is 2. The van der Waals surface area contributed by atoms with E-state index in [9.17, 15) is 42.8 Å². The lowest BCUT2D eigenvalue weighted by atomic mass is 10.0. The quantitative estimate of drug-likeness (QED) is 0.251. The molecular formula is C34H40N6O13S2. The van der Waals surface area contributed by atoms with Gasteiger partial charge in [0.2, 0.25) is 15.0 Å². The summed E-state index contributed by atoms with van der Waals surface area (Å²) < 4.78 is 60.4. The summed E-state index contributed by atoms with van der Waals surface area (Å²) >= 11 is 0. The predicted molar refractivity (Wildman–Crippen MR) is 196 cm³/mol. The molecular weight excluding hydrogens is 765 g/mol. The Balaban J connectivity index is 0.000000169. The molecule has 1 unspecified atom stereocenters. The summed E-state index contributed by atoms with van der Waals surface area (Å²) in [6.45, 7) is 9.63. The lowest BCUT2D eigenvalue weighted by Gasteiger charge is -2.39. The SMILES string of the molecule is Cc1cc2c(c([N+](=O)[O-])c1)S(=O)(=O)C(N1CCC3(CC1)OC[C@H](C)O3)=NC2=O.Cc1cc2c(c([N+](=O)[O-])c1)S(O)=C(N1CCC3(CC1)OC[C@H](C)O3)NC2=O. The van der Waals surface area contributed by atoms with E-state index in [0.717, 1.165) is 6.07 Å². The molecule has 4 fully saturated rings. The van der Waals surface area contributed by atoms with Gasteiger partial charge in [0, 0.05) is 74.8 Å². The second-order valence-electron chi connectivity index (χ2n) is 14.4. The van der Waals surface area contributed by atoms with E-state index in [1.54, 1.807) is 19.9 Å². The number of nitrogens with zero attached hydrogens (tertiary/aromatic N) is 5. The zero-order chi connectivity index (χ0) is 39.6. The first-order valence-electron chi connectivity index (χ1n) is 17.6. The van der Waals surface area contributed by atoms with Crippen LogP contribution in [0.3, 0.4) is 0 Å². The predicted octanol–water partition coefficient (Wildman–Crippen LogP) is 3.48. The van der Waals surface area contributed by atoms with E-state index in [1.165, 1.54) is 17.0 Å². The molecule has 3 atom stereocenters. The molecule has 2 aromatic carbocycles. The van der Waals surface area contributed by atoms with Gasteiger partial charge in [0.1, 0.15) is 10.0 Å². The Morgan fingerprint density at radius 1 is 0.836 bits per heavy atom. The van der Waals surface area contributed by atoms with Gasteiger partial charge < -0.3 is 33.7 Å². The summed E-state index contributed by atoms with van der Waals surface area (Å²) in [6, 6.07) is 5.42. The molecule has 0 aliphatic carbocycles. The average Bonchev–Trinajstić information content (AvgIpc) is 3.68. The van der Waals surface area contributed by atoms with Crippen LogP contribution < -0.4 is 5.32 Å². The van der Waals surface area contributed by atoms with Gasteiger partial charge in [-0.3, -0.25) is 34.7 Å². The maximum Gasteiger partial charge on any atom is 0.289 e. The number of piperidine rings is 2. The third-order valence-corrected chi connectivity index (χ3v) is 13.5. The van der Waals surface area contributed by atoms with Crippen molar-refractivity contribution in [2.45, 2.75) is 87.0 Å². The van der Waals surface area contributed by atoms with Crippen LogP contribution in [0, 0.1) is 34.1 Å². The molecule has 6 aliphatic heterocycles. The van der Waals surface area contributed by atoms with E-state index >= 15 is 0 Å². The molecule has 2 N–H and O–H groups in total. The zero-order valence-electron chi connectivity index (χ0n) is 30.4. The zero-order valence-corrected chi connectivity index (χ0v) is 32.1. The number of fused-ring (bicyclic) bond motifs is 2. The number of nitro benzene ring substituents is 2. The molecule has 0 aromatic heterocycles. The van der Waals surface area contributed by atoms with Gasteiger partial charge >= 0.3 is 0 Å². The maximum absolute atomic E-state index is 13.2. The van der Waals surface area contributed by atoms with Crippen molar-refractivity contribution >= 4 is 54.1 Å². The minimum absolute atomic E-state index is 0.0401. The minimum Gasteiger partial charge on any atom is -0.347 e. The average molecular weight is 805 g/mol. The molecule has 2 amide bonds. The molecule has 0 bridgehead atoms. The largest absolute Gasteiger partial charge is 0.347 e. The Kier molecular flexibility index (Phi) is 10.2. The smallest absolute Gasteiger partial charge is 0.289 e. The number of hydrogen-bond acceptors (Lipinski definition) is 15. The highest BCUT2D eigenvalue weighted by molar-refractivity contribution is 8.11. The fourth-order valence-corrected chi connectivity index (χ4v) is 10.9. The van der Waals surface area contributed by atoms with Crippen LogP contribution in [0.5, 0.6) is 0 Å². The van der Waals surface area contributed by atoms with Gasteiger partial charge in [-0.25, -0.2) is 8.42 Å². The highest BCUT2D eigenvalue weighted by atomic mass is 32.2. The van der Waals surface area contributed by atoms with Crippen molar-refractivity contribution in [1.29, 1.82) is 0 Å². The van der Waals surface area contributed by atoms with Crippen molar-refractivity contribution < 1.29 is 51.4 Å².